The van der Waals surface area contributed by atoms with E-state index in [0.29, 0.717) is 12.0 Å². The predicted octanol–water partition coefficient (Wildman–Crippen LogP) is 17.2. The smallest absolute Gasteiger partial charge is 0.123 e. The third-order valence-electron chi connectivity index (χ3n) is 14.4. The maximum atomic E-state index is 14.5. The Labute approximate surface area is 405 Å². The summed E-state index contributed by atoms with van der Waals surface area (Å²) in [7, 11) is 0. The summed E-state index contributed by atoms with van der Waals surface area (Å²) in [5, 5.41) is 0. The highest BCUT2D eigenvalue weighted by Crippen LogP contribution is 2.53. The van der Waals surface area contributed by atoms with Crippen LogP contribution in [0.25, 0.3) is 22.8 Å². The minimum absolute atomic E-state index is 0.217. The van der Waals surface area contributed by atoms with Gasteiger partial charge in [-0.25, -0.2) is 4.39 Å². The Morgan fingerprint density at radius 3 is 1.77 bits per heavy atom. The van der Waals surface area contributed by atoms with Crippen LogP contribution in [0.4, 0.5) is 55.6 Å². The third-order valence-corrected chi connectivity index (χ3v) is 14.4. The van der Waals surface area contributed by atoms with Crippen LogP contribution in [0, 0.1) is 11.7 Å². The number of allylic oxidation sites excluding steroid dienone is 3. The average Bonchev–Trinajstić information content (AvgIpc) is 3.90. The molecule has 4 atom stereocenters. The molecular formula is C64H53FN4. The molecule has 336 valence electrons. The van der Waals surface area contributed by atoms with Gasteiger partial charge in [-0.05, 0) is 169 Å². The topological polar surface area (TPSA) is 13.0 Å². The van der Waals surface area contributed by atoms with E-state index >= 15 is 0 Å². The van der Waals surface area contributed by atoms with Gasteiger partial charge in [-0.2, -0.15) is 0 Å². The van der Waals surface area contributed by atoms with Crippen LogP contribution in [0.1, 0.15) is 49.3 Å². The lowest BCUT2D eigenvalue weighted by molar-refractivity contribution is 0.485. The fraction of sp³-hybridized carbons (Fsp3) is 0.125. The second-order valence-corrected chi connectivity index (χ2v) is 18.7. The number of hydrogen-bond donors (Lipinski definition) is 0. The Bertz CT molecular complexity index is 3260. The lowest BCUT2D eigenvalue weighted by Gasteiger charge is -2.33. The zero-order valence-corrected chi connectivity index (χ0v) is 38.9. The highest BCUT2D eigenvalue weighted by molar-refractivity contribution is 5.95. The van der Waals surface area contributed by atoms with E-state index < -0.39 is 0 Å². The first-order valence-corrected chi connectivity index (χ1v) is 24.3. The molecule has 2 aliphatic carbocycles. The molecule has 0 N–H and O–H groups in total. The second-order valence-electron chi connectivity index (χ2n) is 18.7. The van der Waals surface area contributed by atoms with E-state index in [1.165, 1.54) is 45.0 Å². The first kappa shape index (κ1) is 42.2. The molecule has 0 radical (unpaired) electrons. The Morgan fingerprint density at radius 1 is 0.551 bits per heavy atom. The molecule has 0 bridgehead atoms. The van der Waals surface area contributed by atoms with Crippen molar-refractivity contribution >= 4 is 62.8 Å². The van der Waals surface area contributed by atoms with E-state index in [1.807, 2.05) is 12.1 Å². The van der Waals surface area contributed by atoms with Gasteiger partial charge in [0.1, 0.15) is 5.82 Å². The highest BCUT2D eigenvalue weighted by Gasteiger charge is 2.41. The number of rotatable bonds is 10. The van der Waals surface area contributed by atoms with E-state index in [4.69, 9.17) is 0 Å². The maximum Gasteiger partial charge on any atom is 0.123 e. The highest BCUT2D eigenvalue weighted by atomic mass is 19.1. The molecule has 2 aliphatic heterocycles. The Hall–Kier alpha value is -8.15. The quantitative estimate of drug-likeness (QED) is 0.127. The number of anilines is 9. The van der Waals surface area contributed by atoms with Crippen molar-refractivity contribution in [1.29, 1.82) is 0 Å². The van der Waals surface area contributed by atoms with Crippen LogP contribution in [-0.2, 0) is 0 Å². The van der Waals surface area contributed by atoms with Gasteiger partial charge in [0, 0.05) is 74.4 Å². The molecule has 0 saturated heterocycles. The second kappa shape index (κ2) is 17.8. The molecule has 8 aromatic rings. The number of halogens is 1. The van der Waals surface area contributed by atoms with Crippen LogP contribution in [0.15, 0.2) is 236 Å². The zero-order valence-electron chi connectivity index (χ0n) is 38.9. The standard InChI is InChI=1S/C64H53FN4/c1-3-12-45-20-28-51(29-21-45)66(55-36-39-62-59(42-55)57-17-10-11-18-61(57)68(62)49-13-6-4-7-14-49)52-30-22-46(23-31-52)47-24-32-53(33-25-47)67(54-34-26-48(65)27-35-54)56-37-40-63-60(43-56)58-38-19-44(2)41-64(58)69(63)50-15-8-5-9-16-50/h3-38,40,42-44,58,62,64H,39,41H2,1-2H3/b12-3+. The molecule has 0 amide bonds. The van der Waals surface area contributed by atoms with Gasteiger partial charge in [-0.15, -0.1) is 0 Å². The number of benzene rings is 8. The summed E-state index contributed by atoms with van der Waals surface area (Å²) >= 11 is 0. The van der Waals surface area contributed by atoms with Crippen molar-refractivity contribution in [2.24, 2.45) is 5.92 Å². The first-order chi connectivity index (χ1) is 34.0. The minimum atomic E-state index is -0.252. The molecule has 0 fully saturated rings. The van der Waals surface area contributed by atoms with E-state index in [-0.39, 0.29) is 17.8 Å². The lowest BCUT2D eigenvalue weighted by Crippen LogP contribution is -2.33. The third kappa shape index (κ3) is 7.74. The van der Waals surface area contributed by atoms with Crippen LogP contribution in [0.5, 0.6) is 0 Å². The molecule has 12 rings (SSSR count). The lowest BCUT2D eigenvalue weighted by atomic mass is 9.83. The van der Waals surface area contributed by atoms with Crippen molar-refractivity contribution in [2.75, 3.05) is 19.6 Å². The van der Waals surface area contributed by atoms with Gasteiger partial charge in [0.25, 0.3) is 0 Å². The predicted molar refractivity (Wildman–Crippen MR) is 287 cm³/mol. The van der Waals surface area contributed by atoms with Gasteiger partial charge in [0.15, 0.2) is 0 Å². The number of fused-ring (bicyclic) bond motifs is 6. The Morgan fingerprint density at radius 2 is 1.12 bits per heavy atom. The molecule has 0 spiro atoms. The van der Waals surface area contributed by atoms with Crippen molar-refractivity contribution in [3.8, 4) is 11.1 Å². The van der Waals surface area contributed by atoms with E-state index in [9.17, 15) is 4.39 Å². The summed E-state index contributed by atoms with van der Waals surface area (Å²) in [6.45, 7) is 4.37. The van der Waals surface area contributed by atoms with Crippen LogP contribution in [0.3, 0.4) is 0 Å². The van der Waals surface area contributed by atoms with Crippen molar-refractivity contribution in [2.45, 2.75) is 44.7 Å². The summed E-state index contributed by atoms with van der Waals surface area (Å²) in [4.78, 5) is 9.68. The molecule has 5 heteroatoms. The largest absolute Gasteiger partial charge is 0.337 e. The first-order valence-electron chi connectivity index (χ1n) is 24.3. The van der Waals surface area contributed by atoms with Gasteiger partial charge in [0.05, 0.1) is 6.04 Å². The normalized spacial score (nSPS) is 18.8. The number of nitrogens with zero attached hydrogens (tertiary/aromatic N) is 4. The molecule has 2 heterocycles. The summed E-state index contributed by atoms with van der Waals surface area (Å²) in [6, 6.07) is 71.2. The van der Waals surface area contributed by atoms with Gasteiger partial charge < -0.3 is 19.6 Å². The molecule has 4 nitrogen and oxygen atoms in total. The SMILES string of the molecule is C/C=C/c1ccc(N(C2=CCC3C(=C2)c2ccccc2N3c2ccccc2)c2ccc(-c3ccc(N(c4ccc(F)cc4)c4ccc5c(c4)C4C=CC(C)CC4N5c4ccccc4)cc3)cc2)cc1. The monoisotopic (exact) mass is 896 g/mol. The summed E-state index contributed by atoms with van der Waals surface area (Å²) in [5.41, 5.74) is 18.6. The average molecular weight is 897 g/mol. The molecular weight excluding hydrogens is 844 g/mol. The van der Waals surface area contributed by atoms with E-state index in [0.717, 1.165) is 58.1 Å². The van der Waals surface area contributed by atoms with E-state index in [2.05, 4.69) is 246 Å². The van der Waals surface area contributed by atoms with Gasteiger partial charge >= 0.3 is 0 Å². The fourth-order valence-electron chi connectivity index (χ4n) is 11.2. The summed E-state index contributed by atoms with van der Waals surface area (Å²) in [5.74, 6) is 0.532. The molecule has 8 aromatic carbocycles. The maximum absolute atomic E-state index is 14.5. The number of hydrogen-bond acceptors (Lipinski definition) is 4. The number of para-hydroxylation sites is 3. The van der Waals surface area contributed by atoms with Gasteiger partial charge in [0.2, 0.25) is 0 Å². The Balaban J connectivity index is 0.874. The van der Waals surface area contributed by atoms with Crippen LogP contribution < -0.4 is 19.6 Å². The van der Waals surface area contributed by atoms with Crippen LogP contribution in [-0.4, -0.2) is 12.1 Å². The van der Waals surface area contributed by atoms with Gasteiger partial charge in [-0.1, -0.05) is 128 Å². The van der Waals surface area contributed by atoms with Crippen LogP contribution in [0.2, 0.25) is 0 Å². The molecule has 4 unspecified atom stereocenters. The fourth-order valence-corrected chi connectivity index (χ4v) is 11.2. The van der Waals surface area contributed by atoms with Gasteiger partial charge in [-0.3, -0.25) is 0 Å². The Kier molecular flexibility index (Phi) is 10.9. The van der Waals surface area contributed by atoms with Crippen molar-refractivity contribution in [1.82, 2.24) is 0 Å². The minimum Gasteiger partial charge on any atom is -0.337 e. The van der Waals surface area contributed by atoms with Crippen molar-refractivity contribution in [3.05, 3.63) is 259 Å². The molecule has 0 saturated carbocycles. The molecule has 69 heavy (non-hydrogen) atoms. The van der Waals surface area contributed by atoms with E-state index in [1.54, 1.807) is 12.1 Å². The van der Waals surface area contributed by atoms with Crippen molar-refractivity contribution in [3.63, 3.8) is 0 Å². The molecule has 0 aromatic heterocycles. The summed E-state index contributed by atoms with van der Waals surface area (Å²) in [6.07, 6.45) is 15.8. The zero-order chi connectivity index (χ0) is 46.4. The summed E-state index contributed by atoms with van der Waals surface area (Å²) < 4.78 is 14.5. The molecule has 4 aliphatic rings. The van der Waals surface area contributed by atoms with Crippen molar-refractivity contribution < 1.29 is 4.39 Å². The van der Waals surface area contributed by atoms with Crippen LogP contribution >= 0.6 is 0 Å².